The molecule has 0 aliphatic carbocycles. The predicted molar refractivity (Wildman–Crippen MR) is 91.2 cm³/mol. The summed E-state index contributed by atoms with van der Waals surface area (Å²) in [4.78, 5) is 23.1. The third-order valence-electron chi connectivity index (χ3n) is 4.64. The van der Waals surface area contributed by atoms with E-state index in [4.69, 9.17) is 4.74 Å². The van der Waals surface area contributed by atoms with Gasteiger partial charge in [-0.05, 0) is 36.6 Å². The summed E-state index contributed by atoms with van der Waals surface area (Å²) in [6, 6.07) is 9.56. The van der Waals surface area contributed by atoms with Crippen molar-refractivity contribution in [2.45, 2.75) is 25.3 Å². The number of fused-ring (bicyclic) bond motifs is 1. The van der Waals surface area contributed by atoms with Crippen molar-refractivity contribution >= 4 is 11.7 Å². The quantitative estimate of drug-likeness (QED) is 0.728. The number of hydrogen-bond donors (Lipinski definition) is 0. The highest BCUT2D eigenvalue weighted by Gasteiger charge is 2.31. The van der Waals surface area contributed by atoms with Gasteiger partial charge in [0.1, 0.15) is 12.1 Å². The minimum atomic E-state index is 0.0120. The lowest BCUT2D eigenvalue weighted by molar-refractivity contribution is -0.131. The topological polar surface area (TPSA) is 72.6 Å². The first kappa shape index (κ1) is 15.6. The molecule has 1 fully saturated rings. The smallest absolute Gasteiger partial charge is 0.252 e. The van der Waals surface area contributed by atoms with Crippen molar-refractivity contribution in [1.29, 1.82) is 0 Å². The molecule has 1 aliphatic rings. The van der Waals surface area contributed by atoms with E-state index in [0.29, 0.717) is 12.2 Å². The fourth-order valence-corrected chi connectivity index (χ4v) is 3.40. The molecule has 1 saturated heterocycles. The van der Waals surface area contributed by atoms with Gasteiger partial charge in [-0.15, -0.1) is 0 Å². The number of rotatable bonds is 4. The monoisotopic (exact) mass is 337 g/mol. The molecule has 128 valence electrons. The molecule has 7 heteroatoms. The van der Waals surface area contributed by atoms with Crippen LogP contribution in [0.25, 0.3) is 5.78 Å². The van der Waals surface area contributed by atoms with Crippen molar-refractivity contribution in [3.05, 3.63) is 54.1 Å². The molecule has 2 aromatic heterocycles. The fourth-order valence-electron chi connectivity index (χ4n) is 3.40. The average Bonchev–Trinajstić information content (AvgIpc) is 3.31. The van der Waals surface area contributed by atoms with E-state index in [2.05, 4.69) is 15.1 Å². The number of aromatic nitrogens is 4. The number of methoxy groups -OCH3 is 1. The number of carbonyl (C=O) groups is 1. The summed E-state index contributed by atoms with van der Waals surface area (Å²) in [6.07, 6.45) is 5.50. The summed E-state index contributed by atoms with van der Waals surface area (Å²) in [7, 11) is 1.63. The van der Waals surface area contributed by atoms with Gasteiger partial charge in [-0.2, -0.15) is 14.6 Å². The Morgan fingerprint density at radius 1 is 1.24 bits per heavy atom. The van der Waals surface area contributed by atoms with Crippen LogP contribution in [-0.2, 0) is 11.2 Å². The third kappa shape index (κ3) is 2.93. The fraction of sp³-hybridized carbons (Fsp3) is 0.333. The maximum absolute atomic E-state index is 12.9. The van der Waals surface area contributed by atoms with E-state index in [1.807, 2.05) is 35.2 Å². The maximum Gasteiger partial charge on any atom is 0.252 e. The van der Waals surface area contributed by atoms with Gasteiger partial charge < -0.3 is 9.64 Å². The molecule has 0 saturated carbocycles. The van der Waals surface area contributed by atoms with Gasteiger partial charge in [-0.1, -0.05) is 12.1 Å². The van der Waals surface area contributed by atoms with Gasteiger partial charge in [0.2, 0.25) is 5.91 Å². The molecular weight excluding hydrogens is 318 g/mol. The van der Waals surface area contributed by atoms with Crippen molar-refractivity contribution in [3.8, 4) is 5.75 Å². The van der Waals surface area contributed by atoms with E-state index in [1.165, 1.54) is 6.33 Å². The van der Waals surface area contributed by atoms with Crippen LogP contribution in [0.5, 0.6) is 5.75 Å². The van der Waals surface area contributed by atoms with Crippen LogP contribution in [0.3, 0.4) is 0 Å². The Balaban J connectivity index is 1.56. The van der Waals surface area contributed by atoms with Crippen LogP contribution in [0.2, 0.25) is 0 Å². The summed E-state index contributed by atoms with van der Waals surface area (Å²) in [6.45, 7) is 0.762. The molecule has 1 amide bonds. The Kier molecular flexibility index (Phi) is 4.05. The van der Waals surface area contributed by atoms with E-state index < -0.39 is 0 Å². The highest BCUT2D eigenvalue weighted by molar-refractivity contribution is 5.79. The van der Waals surface area contributed by atoms with Crippen molar-refractivity contribution in [3.63, 3.8) is 0 Å². The lowest BCUT2D eigenvalue weighted by atomic mass is 10.1. The minimum absolute atomic E-state index is 0.0120. The molecule has 1 aromatic carbocycles. The molecule has 1 unspecified atom stereocenters. The lowest BCUT2D eigenvalue weighted by Gasteiger charge is -2.25. The van der Waals surface area contributed by atoms with Crippen molar-refractivity contribution in [2.24, 2.45) is 0 Å². The zero-order chi connectivity index (χ0) is 17.2. The summed E-state index contributed by atoms with van der Waals surface area (Å²) >= 11 is 0. The number of benzene rings is 1. The highest BCUT2D eigenvalue weighted by Crippen LogP contribution is 2.32. The molecule has 1 aliphatic heterocycles. The maximum atomic E-state index is 12.9. The zero-order valence-corrected chi connectivity index (χ0v) is 14.0. The molecule has 0 N–H and O–H groups in total. The Morgan fingerprint density at radius 3 is 2.88 bits per heavy atom. The minimum Gasteiger partial charge on any atom is -0.497 e. The highest BCUT2D eigenvalue weighted by atomic mass is 16.5. The second kappa shape index (κ2) is 6.51. The first-order valence-electron chi connectivity index (χ1n) is 8.33. The van der Waals surface area contributed by atoms with Crippen LogP contribution in [0.15, 0.2) is 42.9 Å². The summed E-state index contributed by atoms with van der Waals surface area (Å²) in [5.41, 5.74) is 1.94. The molecule has 4 rings (SSSR count). The third-order valence-corrected chi connectivity index (χ3v) is 4.64. The van der Waals surface area contributed by atoms with Gasteiger partial charge in [0.25, 0.3) is 5.78 Å². The van der Waals surface area contributed by atoms with Gasteiger partial charge in [0, 0.05) is 12.7 Å². The van der Waals surface area contributed by atoms with Gasteiger partial charge in [0.05, 0.1) is 25.3 Å². The standard InChI is InChI=1S/C18H19N5O2/c1-25-14-6-4-13(5-7-14)11-17(24)22-10-2-3-15(22)16-8-9-19-18-20-12-21-23(16)18/h4-9,12,15H,2-3,10-11H2,1H3. The number of hydrogen-bond acceptors (Lipinski definition) is 5. The number of likely N-dealkylation sites (tertiary alicyclic amines) is 1. The second-order valence-electron chi connectivity index (χ2n) is 6.11. The molecule has 25 heavy (non-hydrogen) atoms. The van der Waals surface area contributed by atoms with E-state index in [-0.39, 0.29) is 11.9 Å². The first-order valence-corrected chi connectivity index (χ1v) is 8.33. The summed E-state index contributed by atoms with van der Waals surface area (Å²) in [5.74, 6) is 1.48. The SMILES string of the molecule is COc1ccc(CC(=O)N2CCCC2c2ccnc3ncnn23)cc1. The van der Waals surface area contributed by atoms with Gasteiger partial charge >= 0.3 is 0 Å². The van der Waals surface area contributed by atoms with Crippen LogP contribution < -0.4 is 4.74 Å². The Labute approximate surface area is 145 Å². The van der Waals surface area contributed by atoms with Crippen molar-refractivity contribution in [2.75, 3.05) is 13.7 Å². The number of nitrogens with zero attached hydrogens (tertiary/aromatic N) is 5. The second-order valence-corrected chi connectivity index (χ2v) is 6.11. The van der Waals surface area contributed by atoms with Crippen molar-refractivity contribution < 1.29 is 9.53 Å². The number of ether oxygens (including phenoxy) is 1. The van der Waals surface area contributed by atoms with Gasteiger partial charge in [-0.25, -0.2) is 4.98 Å². The molecule has 1 atom stereocenters. The molecule has 0 bridgehead atoms. The molecule has 7 nitrogen and oxygen atoms in total. The zero-order valence-electron chi connectivity index (χ0n) is 14.0. The van der Waals surface area contributed by atoms with Gasteiger partial charge in [-0.3, -0.25) is 4.79 Å². The van der Waals surface area contributed by atoms with Crippen molar-refractivity contribution in [1.82, 2.24) is 24.5 Å². The van der Waals surface area contributed by atoms with Crippen LogP contribution in [0, 0.1) is 0 Å². The Hall–Kier alpha value is -2.96. The average molecular weight is 337 g/mol. The number of carbonyl (C=O) groups excluding carboxylic acids is 1. The van der Waals surface area contributed by atoms with E-state index in [0.717, 1.165) is 36.4 Å². The molecule has 3 aromatic rings. The summed E-state index contributed by atoms with van der Waals surface area (Å²) in [5, 5.41) is 4.25. The summed E-state index contributed by atoms with van der Waals surface area (Å²) < 4.78 is 6.89. The van der Waals surface area contributed by atoms with Crippen LogP contribution in [0.1, 0.15) is 30.1 Å². The molecule has 0 spiro atoms. The largest absolute Gasteiger partial charge is 0.497 e. The van der Waals surface area contributed by atoms with E-state index in [1.54, 1.807) is 17.8 Å². The predicted octanol–water partition coefficient (Wildman–Crippen LogP) is 2.04. The molecule has 0 radical (unpaired) electrons. The van der Waals surface area contributed by atoms with Crippen LogP contribution in [0.4, 0.5) is 0 Å². The van der Waals surface area contributed by atoms with Crippen LogP contribution in [-0.4, -0.2) is 44.0 Å². The first-order chi connectivity index (χ1) is 12.3. The molecular formula is C18H19N5O2. The lowest BCUT2D eigenvalue weighted by Crippen LogP contribution is -2.32. The number of amides is 1. The molecule has 3 heterocycles. The Bertz CT molecular complexity index is 890. The van der Waals surface area contributed by atoms with Gasteiger partial charge in [0.15, 0.2) is 0 Å². The normalized spacial score (nSPS) is 17.2. The van der Waals surface area contributed by atoms with Crippen LogP contribution >= 0.6 is 0 Å². The Morgan fingerprint density at radius 2 is 2.08 bits per heavy atom. The van der Waals surface area contributed by atoms with E-state index >= 15 is 0 Å². The van der Waals surface area contributed by atoms with E-state index in [9.17, 15) is 4.79 Å².